The number of aryl methyl sites for hydroxylation is 1. The van der Waals surface area contributed by atoms with Crippen LogP contribution in [0.15, 0.2) is 41.8 Å². The van der Waals surface area contributed by atoms with E-state index < -0.39 is 10.0 Å². The van der Waals surface area contributed by atoms with Gasteiger partial charge in [0.2, 0.25) is 0 Å². The van der Waals surface area contributed by atoms with Gasteiger partial charge in [-0.3, -0.25) is 0 Å². The third kappa shape index (κ3) is 3.41. The first kappa shape index (κ1) is 14.6. The number of imidazole rings is 1. The lowest BCUT2D eigenvalue weighted by Gasteiger charge is -2.06. The van der Waals surface area contributed by atoms with Crippen LogP contribution in [0.5, 0.6) is 0 Å². The molecule has 0 aliphatic carbocycles. The molecule has 0 atom stereocenters. The molecule has 0 amide bonds. The number of rotatable bonds is 5. The molecule has 0 aliphatic rings. The third-order valence-electron chi connectivity index (χ3n) is 2.63. The first-order chi connectivity index (χ1) is 9.38. The maximum absolute atomic E-state index is 12.0. The number of hydrogen-bond acceptors (Lipinski definition) is 4. The van der Waals surface area contributed by atoms with E-state index in [1.165, 1.54) is 12.5 Å². The largest absolute Gasteiger partial charge is 0.389 e. The van der Waals surface area contributed by atoms with E-state index in [4.69, 9.17) is 18.0 Å². The van der Waals surface area contributed by atoms with Crippen LogP contribution in [0, 0.1) is 0 Å². The van der Waals surface area contributed by atoms with E-state index in [0.29, 0.717) is 5.56 Å². The fraction of sp³-hybridized carbons (Fsp3) is 0.167. The minimum Gasteiger partial charge on any atom is -0.389 e. The Balaban J connectivity index is 2.12. The maximum Gasteiger partial charge on any atom is 0.259 e. The second-order valence-corrected chi connectivity index (χ2v) is 6.42. The van der Waals surface area contributed by atoms with Crippen molar-refractivity contribution in [2.24, 2.45) is 12.8 Å². The average molecular weight is 310 g/mol. The second-order valence-electron chi connectivity index (χ2n) is 4.27. The molecular formula is C12H14N4O2S2. The van der Waals surface area contributed by atoms with Gasteiger partial charge in [-0.05, 0) is 11.6 Å². The summed E-state index contributed by atoms with van der Waals surface area (Å²) in [6, 6.07) is 7.10. The highest BCUT2D eigenvalue weighted by Gasteiger charge is 2.16. The number of benzene rings is 1. The van der Waals surface area contributed by atoms with Gasteiger partial charge in [-0.15, -0.1) is 0 Å². The summed E-state index contributed by atoms with van der Waals surface area (Å²) in [5, 5.41) is -0.00880. The van der Waals surface area contributed by atoms with Crippen molar-refractivity contribution in [3.05, 3.63) is 47.9 Å². The average Bonchev–Trinajstić information content (AvgIpc) is 2.84. The van der Waals surface area contributed by atoms with E-state index in [1.54, 1.807) is 35.9 Å². The van der Waals surface area contributed by atoms with Crippen molar-refractivity contribution in [3.8, 4) is 0 Å². The molecule has 106 valence electrons. The summed E-state index contributed by atoms with van der Waals surface area (Å²) in [5.41, 5.74) is 7.01. The first-order valence-corrected chi connectivity index (χ1v) is 7.64. The SMILES string of the molecule is Cn1cnc(S(=O)(=O)NCc2cccc(C(N)=S)c2)c1. The van der Waals surface area contributed by atoms with Gasteiger partial charge in [0, 0.05) is 25.4 Å². The molecule has 0 fully saturated rings. The van der Waals surface area contributed by atoms with Crippen LogP contribution in [0.25, 0.3) is 0 Å². The summed E-state index contributed by atoms with van der Waals surface area (Å²) in [4.78, 5) is 4.09. The lowest BCUT2D eigenvalue weighted by molar-refractivity contribution is 0.578. The summed E-state index contributed by atoms with van der Waals surface area (Å²) in [5.74, 6) is 0. The zero-order valence-corrected chi connectivity index (χ0v) is 12.4. The smallest absolute Gasteiger partial charge is 0.259 e. The van der Waals surface area contributed by atoms with Gasteiger partial charge in [-0.2, -0.15) is 0 Å². The highest BCUT2D eigenvalue weighted by Crippen LogP contribution is 2.08. The van der Waals surface area contributed by atoms with Crippen LogP contribution in [0.4, 0.5) is 0 Å². The molecule has 0 bridgehead atoms. The van der Waals surface area contributed by atoms with Crippen molar-refractivity contribution >= 4 is 27.2 Å². The first-order valence-electron chi connectivity index (χ1n) is 5.75. The summed E-state index contributed by atoms with van der Waals surface area (Å²) in [6.45, 7) is 0.148. The van der Waals surface area contributed by atoms with E-state index in [-0.39, 0.29) is 16.6 Å². The highest BCUT2D eigenvalue weighted by molar-refractivity contribution is 7.89. The van der Waals surface area contributed by atoms with E-state index in [2.05, 4.69) is 9.71 Å². The number of nitrogens with zero attached hydrogens (tertiary/aromatic N) is 2. The number of nitrogens with two attached hydrogens (primary N) is 1. The fourth-order valence-corrected chi connectivity index (χ4v) is 2.74. The van der Waals surface area contributed by atoms with Gasteiger partial charge in [0.25, 0.3) is 10.0 Å². The normalized spacial score (nSPS) is 11.4. The van der Waals surface area contributed by atoms with Crippen LogP contribution in [-0.2, 0) is 23.6 Å². The number of thiocarbonyl (C=S) groups is 1. The van der Waals surface area contributed by atoms with Gasteiger partial charge in [-0.25, -0.2) is 18.1 Å². The monoisotopic (exact) mass is 310 g/mol. The standard InChI is InChI=1S/C12H14N4O2S2/c1-16-7-11(14-8-16)20(17,18)15-6-9-3-2-4-10(5-9)12(13)19/h2-5,7-8,15H,6H2,1H3,(H2,13,19). The summed E-state index contributed by atoms with van der Waals surface area (Å²) < 4.78 is 28.1. The molecule has 0 spiro atoms. The van der Waals surface area contributed by atoms with E-state index in [1.807, 2.05) is 0 Å². The van der Waals surface area contributed by atoms with Gasteiger partial charge in [-0.1, -0.05) is 30.4 Å². The zero-order valence-electron chi connectivity index (χ0n) is 10.8. The molecule has 2 aromatic rings. The van der Waals surface area contributed by atoms with Gasteiger partial charge in [0.15, 0.2) is 5.03 Å². The van der Waals surface area contributed by atoms with Crippen LogP contribution < -0.4 is 10.5 Å². The Morgan fingerprint density at radius 2 is 2.25 bits per heavy atom. The minimum atomic E-state index is -3.62. The van der Waals surface area contributed by atoms with Crippen LogP contribution in [0.3, 0.4) is 0 Å². The second kappa shape index (κ2) is 5.70. The van der Waals surface area contributed by atoms with Gasteiger partial charge >= 0.3 is 0 Å². The summed E-state index contributed by atoms with van der Waals surface area (Å²) in [6.07, 6.45) is 2.87. The Bertz CT molecular complexity index is 737. The molecule has 2 rings (SSSR count). The molecule has 6 nitrogen and oxygen atoms in total. The van der Waals surface area contributed by atoms with Crippen LogP contribution in [0.2, 0.25) is 0 Å². The van der Waals surface area contributed by atoms with Gasteiger partial charge in [0.05, 0.1) is 6.33 Å². The van der Waals surface area contributed by atoms with E-state index >= 15 is 0 Å². The van der Waals surface area contributed by atoms with Crippen molar-refractivity contribution in [1.82, 2.24) is 14.3 Å². The minimum absolute atomic E-state index is 0.00880. The summed E-state index contributed by atoms with van der Waals surface area (Å²) >= 11 is 4.88. The van der Waals surface area contributed by atoms with Gasteiger partial charge < -0.3 is 10.3 Å². The van der Waals surface area contributed by atoms with Gasteiger partial charge in [0.1, 0.15) is 4.99 Å². The third-order valence-corrected chi connectivity index (χ3v) is 4.16. The van der Waals surface area contributed by atoms with Crippen LogP contribution >= 0.6 is 12.2 Å². The topological polar surface area (TPSA) is 90.0 Å². The Labute approximate surface area is 122 Å². The van der Waals surface area contributed by atoms with Crippen molar-refractivity contribution in [3.63, 3.8) is 0 Å². The van der Waals surface area contributed by atoms with E-state index in [9.17, 15) is 8.42 Å². The Morgan fingerprint density at radius 1 is 1.50 bits per heavy atom. The molecule has 1 aromatic carbocycles. The zero-order chi connectivity index (χ0) is 14.8. The number of nitrogens with one attached hydrogen (secondary N) is 1. The Morgan fingerprint density at radius 3 is 2.85 bits per heavy atom. The van der Waals surface area contributed by atoms with Crippen molar-refractivity contribution in [1.29, 1.82) is 0 Å². The predicted octanol–water partition coefficient (Wildman–Crippen LogP) is 0.533. The lowest BCUT2D eigenvalue weighted by Crippen LogP contribution is -2.23. The van der Waals surface area contributed by atoms with Crippen molar-refractivity contribution < 1.29 is 8.42 Å². The molecule has 1 heterocycles. The number of sulfonamides is 1. The molecule has 8 heteroatoms. The van der Waals surface area contributed by atoms with Crippen LogP contribution in [-0.4, -0.2) is 23.0 Å². The molecular weight excluding hydrogens is 296 g/mol. The molecule has 0 saturated heterocycles. The molecule has 1 aromatic heterocycles. The highest BCUT2D eigenvalue weighted by atomic mass is 32.2. The van der Waals surface area contributed by atoms with Crippen molar-refractivity contribution in [2.75, 3.05) is 0 Å². The number of aromatic nitrogens is 2. The van der Waals surface area contributed by atoms with Crippen molar-refractivity contribution in [2.45, 2.75) is 11.6 Å². The molecule has 0 unspecified atom stereocenters. The maximum atomic E-state index is 12.0. The fourth-order valence-electron chi connectivity index (χ4n) is 1.61. The molecule has 0 saturated carbocycles. The molecule has 0 aliphatic heterocycles. The Hall–Kier alpha value is -1.77. The van der Waals surface area contributed by atoms with E-state index in [0.717, 1.165) is 5.56 Å². The molecule has 0 radical (unpaired) electrons. The summed E-state index contributed by atoms with van der Waals surface area (Å²) in [7, 11) is -1.91. The van der Waals surface area contributed by atoms with Crippen LogP contribution in [0.1, 0.15) is 11.1 Å². The molecule has 20 heavy (non-hydrogen) atoms. The predicted molar refractivity (Wildman–Crippen MR) is 79.6 cm³/mol. The quantitative estimate of drug-likeness (QED) is 0.786. The molecule has 3 N–H and O–H groups in total. The number of hydrogen-bond donors (Lipinski definition) is 2. The lowest BCUT2D eigenvalue weighted by atomic mass is 10.1. The Kier molecular flexibility index (Phi) is 4.17.